The molecule has 0 aromatic heterocycles. The van der Waals surface area contributed by atoms with Gasteiger partial charge in [0, 0.05) is 15.3 Å². The second-order valence-electron chi connectivity index (χ2n) is 3.93. The van der Waals surface area contributed by atoms with Crippen LogP contribution in [0.4, 0.5) is 10.1 Å². The van der Waals surface area contributed by atoms with E-state index in [9.17, 15) is 4.39 Å². The molecule has 2 aromatic carbocycles. The number of nitrogens with one attached hydrogen (secondary N) is 1. The molecule has 1 unspecified atom stereocenters. The summed E-state index contributed by atoms with van der Waals surface area (Å²) in [5.41, 5.74) is 2.00. The fourth-order valence-electron chi connectivity index (χ4n) is 1.69. The highest BCUT2D eigenvalue weighted by molar-refractivity contribution is 14.1. The molecule has 1 nitrogen and oxygen atoms in total. The van der Waals surface area contributed by atoms with Crippen LogP contribution >= 0.6 is 22.6 Å². The first-order valence-corrected chi connectivity index (χ1v) is 6.50. The summed E-state index contributed by atoms with van der Waals surface area (Å²) in [5, 5.41) is 3.35. The Kier molecular flexibility index (Phi) is 3.99. The summed E-state index contributed by atoms with van der Waals surface area (Å²) in [6.07, 6.45) is 0. The third-order valence-corrected chi connectivity index (χ3v) is 3.23. The Bertz CT molecular complexity index is 513. The van der Waals surface area contributed by atoms with E-state index in [-0.39, 0.29) is 11.9 Å². The second-order valence-corrected chi connectivity index (χ2v) is 5.18. The molecule has 0 spiro atoms. The molecule has 88 valence electrons. The maximum Gasteiger partial charge on any atom is 0.123 e. The molecule has 0 aliphatic heterocycles. The number of hydrogen-bond acceptors (Lipinski definition) is 1. The smallest absolute Gasteiger partial charge is 0.123 e. The summed E-state index contributed by atoms with van der Waals surface area (Å²) < 4.78 is 14.3. The molecule has 3 heteroatoms. The zero-order chi connectivity index (χ0) is 12.3. The molecule has 0 fully saturated rings. The molecule has 0 radical (unpaired) electrons. The van der Waals surface area contributed by atoms with Crippen molar-refractivity contribution in [3.63, 3.8) is 0 Å². The van der Waals surface area contributed by atoms with Gasteiger partial charge < -0.3 is 5.32 Å². The lowest BCUT2D eigenvalue weighted by atomic mass is 10.1. The number of hydrogen-bond donors (Lipinski definition) is 1. The zero-order valence-electron chi connectivity index (χ0n) is 9.45. The van der Waals surface area contributed by atoms with E-state index < -0.39 is 0 Å². The quantitative estimate of drug-likeness (QED) is 0.805. The van der Waals surface area contributed by atoms with E-state index in [4.69, 9.17) is 0 Å². The Morgan fingerprint density at radius 3 is 2.59 bits per heavy atom. The van der Waals surface area contributed by atoms with E-state index in [1.54, 1.807) is 12.1 Å². The van der Waals surface area contributed by atoms with Crippen molar-refractivity contribution >= 4 is 28.3 Å². The Hall–Kier alpha value is -1.10. The molecular formula is C14H13FIN. The van der Waals surface area contributed by atoms with Gasteiger partial charge in [0.1, 0.15) is 5.82 Å². The molecule has 0 bridgehead atoms. The van der Waals surface area contributed by atoms with Crippen LogP contribution in [0.15, 0.2) is 48.5 Å². The summed E-state index contributed by atoms with van der Waals surface area (Å²) in [6.45, 7) is 2.02. The number of anilines is 1. The van der Waals surface area contributed by atoms with Gasteiger partial charge in [0.2, 0.25) is 0 Å². The first kappa shape index (κ1) is 12.4. The highest BCUT2D eigenvalue weighted by Crippen LogP contribution is 2.21. The van der Waals surface area contributed by atoms with Gasteiger partial charge in [0.05, 0.1) is 0 Å². The molecule has 17 heavy (non-hydrogen) atoms. The van der Waals surface area contributed by atoms with Crippen LogP contribution < -0.4 is 5.32 Å². The highest BCUT2D eigenvalue weighted by Gasteiger charge is 2.06. The van der Waals surface area contributed by atoms with Gasteiger partial charge in [0.25, 0.3) is 0 Å². The molecule has 1 atom stereocenters. The number of benzene rings is 2. The fraction of sp³-hybridized carbons (Fsp3) is 0.143. The monoisotopic (exact) mass is 341 g/mol. The summed E-state index contributed by atoms with van der Waals surface area (Å²) in [7, 11) is 0. The molecule has 0 saturated heterocycles. The fourth-order valence-corrected chi connectivity index (χ4v) is 2.23. The second kappa shape index (κ2) is 5.49. The van der Waals surface area contributed by atoms with Crippen molar-refractivity contribution in [2.24, 2.45) is 0 Å². The first-order chi connectivity index (χ1) is 8.15. The molecule has 2 aromatic rings. The molecule has 1 N–H and O–H groups in total. The third-order valence-electron chi connectivity index (χ3n) is 2.56. The Labute approximate surface area is 114 Å². The normalized spacial score (nSPS) is 12.2. The molecule has 0 aliphatic rings. The summed E-state index contributed by atoms with van der Waals surface area (Å²) >= 11 is 2.27. The maximum atomic E-state index is 13.1. The van der Waals surface area contributed by atoms with Crippen LogP contribution in [0, 0.1) is 9.39 Å². The Balaban J connectivity index is 2.14. The summed E-state index contributed by atoms with van der Waals surface area (Å²) in [4.78, 5) is 0. The van der Waals surface area contributed by atoms with Crippen LogP contribution in [-0.2, 0) is 0 Å². The molecule has 0 aliphatic carbocycles. The molecule has 0 heterocycles. The van der Waals surface area contributed by atoms with Gasteiger partial charge in [-0.25, -0.2) is 4.39 Å². The Morgan fingerprint density at radius 1 is 1.12 bits per heavy atom. The van der Waals surface area contributed by atoms with E-state index in [2.05, 4.69) is 34.0 Å². The summed E-state index contributed by atoms with van der Waals surface area (Å²) in [5.74, 6) is -0.196. The van der Waals surface area contributed by atoms with Crippen LogP contribution in [0.2, 0.25) is 0 Å². The lowest BCUT2D eigenvalue weighted by Crippen LogP contribution is -2.06. The van der Waals surface area contributed by atoms with Gasteiger partial charge in [0.15, 0.2) is 0 Å². The highest BCUT2D eigenvalue weighted by atomic mass is 127. The first-order valence-electron chi connectivity index (χ1n) is 5.43. The largest absolute Gasteiger partial charge is 0.378 e. The molecule has 0 saturated carbocycles. The maximum absolute atomic E-state index is 13.1. The predicted molar refractivity (Wildman–Crippen MR) is 77.6 cm³/mol. The van der Waals surface area contributed by atoms with Crippen LogP contribution in [-0.4, -0.2) is 0 Å². The van der Waals surface area contributed by atoms with Crippen LogP contribution in [0.25, 0.3) is 0 Å². The minimum Gasteiger partial charge on any atom is -0.378 e. The lowest BCUT2D eigenvalue weighted by molar-refractivity contribution is 0.623. The minimum atomic E-state index is -0.196. The van der Waals surface area contributed by atoms with Gasteiger partial charge in [-0.15, -0.1) is 0 Å². The zero-order valence-corrected chi connectivity index (χ0v) is 11.6. The number of rotatable bonds is 3. The van der Waals surface area contributed by atoms with E-state index in [1.165, 1.54) is 9.64 Å². The van der Waals surface area contributed by atoms with E-state index in [0.29, 0.717) is 0 Å². The topological polar surface area (TPSA) is 12.0 Å². The average Bonchev–Trinajstić information content (AvgIpc) is 2.29. The van der Waals surface area contributed by atoms with Crippen LogP contribution in [0.1, 0.15) is 18.5 Å². The predicted octanol–water partition coefficient (Wildman–Crippen LogP) is 4.60. The van der Waals surface area contributed by atoms with E-state index in [0.717, 1.165) is 11.3 Å². The molecule has 2 rings (SSSR count). The van der Waals surface area contributed by atoms with Gasteiger partial charge in [-0.2, -0.15) is 0 Å². The minimum absolute atomic E-state index is 0.0869. The van der Waals surface area contributed by atoms with Crippen LogP contribution in [0.3, 0.4) is 0 Å². The summed E-state index contributed by atoms with van der Waals surface area (Å²) in [6, 6.07) is 14.9. The van der Waals surface area contributed by atoms with Crippen molar-refractivity contribution < 1.29 is 4.39 Å². The van der Waals surface area contributed by atoms with Gasteiger partial charge in [-0.1, -0.05) is 18.2 Å². The van der Waals surface area contributed by atoms with E-state index >= 15 is 0 Å². The van der Waals surface area contributed by atoms with Crippen molar-refractivity contribution in [1.82, 2.24) is 0 Å². The third kappa shape index (κ3) is 3.43. The van der Waals surface area contributed by atoms with Gasteiger partial charge in [-0.3, -0.25) is 0 Å². The molecule has 0 amide bonds. The van der Waals surface area contributed by atoms with Gasteiger partial charge >= 0.3 is 0 Å². The SMILES string of the molecule is CC(Nc1cccc(I)c1)c1cccc(F)c1. The molecular weight excluding hydrogens is 328 g/mol. The van der Waals surface area contributed by atoms with Crippen molar-refractivity contribution in [2.75, 3.05) is 5.32 Å². The van der Waals surface area contributed by atoms with Gasteiger partial charge in [-0.05, 0) is 65.4 Å². The van der Waals surface area contributed by atoms with Crippen molar-refractivity contribution in [3.05, 3.63) is 63.5 Å². The lowest BCUT2D eigenvalue weighted by Gasteiger charge is -2.16. The van der Waals surface area contributed by atoms with E-state index in [1.807, 2.05) is 31.2 Å². The standard InChI is InChI=1S/C14H13FIN/c1-10(11-4-2-5-12(15)8-11)17-14-7-3-6-13(16)9-14/h2-10,17H,1H3. The van der Waals surface area contributed by atoms with Crippen LogP contribution in [0.5, 0.6) is 0 Å². The van der Waals surface area contributed by atoms with Crippen molar-refractivity contribution in [3.8, 4) is 0 Å². The Morgan fingerprint density at radius 2 is 1.88 bits per heavy atom. The average molecular weight is 341 g/mol. The van der Waals surface area contributed by atoms with Crippen molar-refractivity contribution in [1.29, 1.82) is 0 Å². The van der Waals surface area contributed by atoms with Crippen molar-refractivity contribution in [2.45, 2.75) is 13.0 Å². The number of halogens is 2.